The highest BCUT2D eigenvalue weighted by Crippen LogP contribution is 2.38. The predicted molar refractivity (Wildman–Crippen MR) is 106 cm³/mol. The fourth-order valence-corrected chi connectivity index (χ4v) is 3.98. The molecule has 0 saturated heterocycles. The summed E-state index contributed by atoms with van der Waals surface area (Å²) in [5.74, 6) is 1.47. The van der Waals surface area contributed by atoms with Gasteiger partial charge in [-0.2, -0.15) is 5.26 Å². The molecule has 26 heavy (non-hydrogen) atoms. The smallest absolute Gasteiger partial charge is 0.108 e. The fourth-order valence-electron chi connectivity index (χ4n) is 3.98. The molecule has 0 aromatic heterocycles. The summed E-state index contributed by atoms with van der Waals surface area (Å²) in [6.45, 7) is -0.342. The molecule has 1 aliphatic carbocycles. The Morgan fingerprint density at radius 1 is 0.885 bits per heavy atom. The summed E-state index contributed by atoms with van der Waals surface area (Å²) in [6, 6.07) is 18.8. The van der Waals surface area contributed by atoms with Gasteiger partial charge in [-0.25, -0.2) is 4.39 Å². The molecule has 0 spiro atoms. The summed E-state index contributed by atoms with van der Waals surface area (Å²) in [5.41, 5.74) is 4.49. The molecule has 0 radical (unpaired) electrons. The molecule has 1 saturated carbocycles. The summed E-state index contributed by atoms with van der Waals surface area (Å²) in [7, 11) is 0. The van der Waals surface area contributed by atoms with Crippen molar-refractivity contribution >= 4 is 0 Å². The third-order valence-electron chi connectivity index (χ3n) is 5.57. The molecule has 2 heteroatoms. The second-order valence-electron chi connectivity index (χ2n) is 7.23. The highest BCUT2D eigenvalue weighted by Gasteiger charge is 2.21. The SMILES string of the molecule is N#Cc1ccc(-c2ccc(C3CCC(CCC=CCF)CC3)cc2)cc1. The van der Waals surface area contributed by atoms with Gasteiger partial charge in [0.15, 0.2) is 0 Å². The van der Waals surface area contributed by atoms with Gasteiger partial charge in [0, 0.05) is 0 Å². The maximum Gasteiger partial charge on any atom is 0.108 e. The van der Waals surface area contributed by atoms with E-state index in [4.69, 9.17) is 5.26 Å². The third-order valence-corrected chi connectivity index (χ3v) is 5.57. The Bertz CT molecular complexity index is 744. The van der Waals surface area contributed by atoms with Crippen LogP contribution in [0.3, 0.4) is 0 Å². The van der Waals surface area contributed by atoms with E-state index in [1.54, 1.807) is 6.08 Å². The Balaban J connectivity index is 1.54. The molecule has 0 heterocycles. The Morgan fingerprint density at radius 2 is 1.50 bits per heavy atom. The lowest BCUT2D eigenvalue weighted by Crippen LogP contribution is -2.13. The van der Waals surface area contributed by atoms with E-state index < -0.39 is 0 Å². The standard InChI is InChI=1S/C24H26FN/c25-17-3-1-2-4-19-5-9-21(10-6-19)23-13-15-24(16-14-23)22-11-7-20(18-26)8-12-22/h1,3,7-8,11-16,19,21H,2,4-6,9-10,17H2. The van der Waals surface area contributed by atoms with E-state index in [9.17, 15) is 4.39 Å². The minimum Gasteiger partial charge on any atom is -0.247 e. The van der Waals surface area contributed by atoms with Crippen molar-refractivity contribution in [3.8, 4) is 17.2 Å². The second kappa shape index (κ2) is 9.34. The van der Waals surface area contributed by atoms with Crippen LogP contribution in [0, 0.1) is 17.2 Å². The van der Waals surface area contributed by atoms with Crippen molar-refractivity contribution < 1.29 is 4.39 Å². The van der Waals surface area contributed by atoms with Crippen LogP contribution in [0.15, 0.2) is 60.7 Å². The van der Waals surface area contributed by atoms with Crippen molar-refractivity contribution in [2.45, 2.75) is 44.4 Å². The van der Waals surface area contributed by atoms with E-state index in [0.717, 1.165) is 17.9 Å². The Hall–Kier alpha value is -2.40. The van der Waals surface area contributed by atoms with Crippen LogP contribution in [0.4, 0.5) is 4.39 Å². The number of rotatable bonds is 6. The van der Waals surface area contributed by atoms with Gasteiger partial charge in [-0.1, -0.05) is 48.6 Å². The average molecular weight is 347 g/mol. The van der Waals surface area contributed by atoms with Crippen LogP contribution in [0.25, 0.3) is 11.1 Å². The Morgan fingerprint density at radius 3 is 2.08 bits per heavy atom. The summed E-state index contributed by atoms with van der Waals surface area (Å²) >= 11 is 0. The zero-order valence-corrected chi connectivity index (χ0v) is 15.2. The van der Waals surface area contributed by atoms with Gasteiger partial charge < -0.3 is 0 Å². The number of nitrogens with zero attached hydrogens (tertiary/aromatic N) is 1. The van der Waals surface area contributed by atoms with Crippen molar-refractivity contribution in [2.75, 3.05) is 6.67 Å². The first-order valence-corrected chi connectivity index (χ1v) is 9.61. The van der Waals surface area contributed by atoms with E-state index in [2.05, 4.69) is 30.3 Å². The van der Waals surface area contributed by atoms with Crippen molar-refractivity contribution in [3.05, 3.63) is 71.8 Å². The minimum atomic E-state index is -0.342. The van der Waals surface area contributed by atoms with Crippen molar-refractivity contribution in [1.82, 2.24) is 0 Å². The molecule has 134 valence electrons. The van der Waals surface area contributed by atoms with Crippen LogP contribution >= 0.6 is 0 Å². The van der Waals surface area contributed by atoms with Crippen LogP contribution in [-0.2, 0) is 0 Å². The van der Waals surface area contributed by atoms with Gasteiger partial charge >= 0.3 is 0 Å². The molecule has 1 aliphatic rings. The van der Waals surface area contributed by atoms with E-state index in [-0.39, 0.29) is 6.67 Å². The lowest BCUT2D eigenvalue weighted by molar-refractivity contribution is 0.312. The van der Waals surface area contributed by atoms with E-state index >= 15 is 0 Å². The summed E-state index contributed by atoms with van der Waals surface area (Å²) in [4.78, 5) is 0. The number of nitriles is 1. The minimum absolute atomic E-state index is 0.342. The molecule has 0 N–H and O–H groups in total. The van der Waals surface area contributed by atoms with Crippen LogP contribution in [0.1, 0.15) is 55.6 Å². The molecule has 1 fully saturated rings. The van der Waals surface area contributed by atoms with Gasteiger partial charge in [0.2, 0.25) is 0 Å². The topological polar surface area (TPSA) is 23.8 Å². The first kappa shape index (κ1) is 18.4. The average Bonchev–Trinajstić information content (AvgIpc) is 2.72. The van der Waals surface area contributed by atoms with E-state index in [1.807, 2.05) is 30.3 Å². The predicted octanol–water partition coefficient (Wildman–Crippen LogP) is 6.80. The quantitative estimate of drug-likeness (QED) is 0.527. The molecule has 2 aromatic carbocycles. The van der Waals surface area contributed by atoms with Crippen molar-refractivity contribution in [1.29, 1.82) is 5.26 Å². The number of hydrogen-bond donors (Lipinski definition) is 0. The lowest BCUT2D eigenvalue weighted by Gasteiger charge is -2.28. The normalized spacial score (nSPS) is 20.2. The van der Waals surface area contributed by atoms with E-state index in [1.165, 1.54) is 43.2 Å². The number of benzene rings is 2. The Kier molecular flexibility index (Phi) is 6.61. The summed E-state index contributed by atoms with van der Waals surface area (Å²) in [6.07, 6.45) is 10.9. The van der Waals surface area contributed by atoms with Gasteiger partial charge in [0.05, 0.1) is 11.6 Å². The molecule has 1 nitrogen and oxygen atoms in total. The first-order chi connectivity index (χ1) is 12.8. The third kappa shape index (κ3) is 4.82. The zero-order chi connectivity index (χ0) is 18.2. The number of hydrogen-bond acceptors (Lipinski definition) is 1. The second-order valence-corrected chi connectivity index (χ2v) is 7.23. The Labute approximate surface area is 156 Å². The highest BCUT2D eigenvalue weighted by molar-refractivity contribution is 5.64. The summed E-state index contributed by atoms with van der Waals surface area (Å²) in [5, 5.41) is 8.90. The molecule has 0 unspecified atom stereocenters. The van der Waals surface area contributed by atoms with Gasteiger partial charge in [-0.3, -0.25) is 0 Å². The molecular formula is C24H26FN. The van der Waals surface area contributed by atoms with Crippen LogP contribution in [0.2, 0.25) is 0 Å². The number of halogens is 1. The van der Waals surface area contributed by atoms with Gasteiger partial charge in [-0.15, -0.1) is 0 Å². The molecule has 0 bridgehead atoms. The molecule has 0 amide bonds. The lowest BCUT2D eigenvalue weighted by atomic mass is 9.77. The number of alkyl halides is 1. The van der Waals surface area contributed by atoms with Crippen molar-refractivity contribution in [3.63, 3.8) is 0 Å². The van der Waals surface area contributed by atoms with Crippen LogP contribution in [0.5, 0.6) is 0 Å². The maximum absolute atomic E-state index is 12.1. The van der Waals surface area contributed by atoms with Gasteiger partial charge in [0.25, 0.3) is 0 Å². The van der Waals surface area contributed by atoms with Crippen LogP contribution in [-0.4, -0.2) is 6.67 Å². The van der Waals surface area contributed by atoms with Gasteiger partial charge in [-0.05, 0) is 79.2 Å². The van der Waals surface area contributed by atoms with Crippen molar-refractivity contribution in [2.24, 2.45) is 5.92 Å². The summed E-state index contributed by atoms with van der Waals surface area (Å²) < 4.78 is 12.1. The first-order valence-electron chi connectivity index (χ1n) is 9.61. The maximum atomic E-state index is 12.1. The molecule has 0 atom stereocenters. The fraction of sp³-hybridized carbons (Fsp3) is 0.375. The number of allylic oxidation sites excluding steroid dienone is 2. The van der Waals surface area contributed by atoms with E-state index in [0.29, 0.717) is 11.5 Å². The molecule has 0 aliphatic heterocycles. The molecule has 3 rings (SSSR count). The largest absolute Gasteiger partial charge is 0.247 e. The molecular weight excluding hydrogens is 321 g/mol. The highest BCUT2D eigenvalue weighted by atomic mass is 19.1. The monoisotopic (exact) mass is 347 g/mol. The van der Waals surface area contributed by atoms with Gasteiger partial charge in [0.1, 0.15) is 6.67 Å². The zero-order valence-electron chi connectivity index (χ0n) is 15.2. The molecule has 2 aromatic rings. The van der Waals surface area contributed by atoms with Crippen LogP contribution < -0.4 is 0 Å².